The fourth-order valence-corrected chi connectivity index (χ4v) is 1.85. The lowest BCUT2D eigenvalue weighted by Crippen LogP contribution is -1.93. The van der Waals surface area contributed by atoms with Gasteiger partial charge in [-0.15, -0.1) is 0 Å². The van der Waals surface area contributed by atoms with E-state index in [2.05, 4.69) is 21.0 Å². The van der Waals surface area contributed by atoms with E-state index >= 15 is 0 Å². The summed E-state index contributed by atoms with van der Waals surface area (Å²) in [4.78, 5) is 0. The van der Waals surface area contributed by atoms with Gasteiger partial charge in [-0.1, -0.05) is 28.1 Å². The van der Waals surface area contributed by atoms with Crippen LogP contribution < -0.4 is 0 Å². The van der Waals surface area contributed by atoms with E-state index in [1.807, 2.05) is 19.1 Å². The van der Waals surface area contributed by atoms with Gasteiger partial charge in [0.15, 0.2) is 0 Å². The number of aromatic nitrogens is 2. The van der Waals surface area contributed by atoms with Gasteiger partial charge in [0.05, 0.1) is 5.56 Å². The fraction of sp³-hybridized carbons (Fsp3) is 0.250. The lowest BCUT2D eigenvalue weighted by molar-refractivity contribution is 0.152. The van der Waals surface area contributed by atoms with E-state index in [-0.39, 0.29) is 5.56 Å². The van der Waals surface area contributed by atoms with Crippen molar-refractivity contribution in [2.75, 3.05) is 0 Å². The largest absolute Gasteiger partial charge is 0.272 e. The van der Waals surface area contributed by atoms with Gasteiger partial charge in [0.2, 0.25) is 0 Å². The molecule has 1 aromatic carbocycles. The van der Waals surface area contributed by atoms with Crippen molar-refractivity contribution in [3.05, 3.63) is 40.5 Å². The van der Waals surface area contributed by atoms with Gasteiger partial charge in [-0.2, -0.15) is 5.10 Å². The van der Waals surface area contributed by atoms with Crippen molar-refractivity contribution >= 4 is 15.9 Å². The summed E-state index contributed by atoms with van der Waals surface area (Å²) >= 11 is 3.31. The first-order chi connectivity index (χ1) is 8.11. The summed E-state index contributed by atoms with van der Waals surface area (Å²) in [5, 5.41) is 4.17. The number of alkyl halides is 2. The van der Waals surface area contributed by atoms with Crippen molar-refractivity contribution in [1.29, 1.82) is 0 Å². The summed E-state index contributed by atoms with van der Waals surface area (Å²) in [5.41, 5.74) is 1.04. The lowest BCUT2D eigenvalue weighted by Gasteiger charge is -2.01. The van der Waals surface area contributed by atoms with Crippen LogP contribution in [0.15, 0.2) is 34.9 Å². The second-order valence-electron chi connectivity index (χ2n) is 3.60. The van der Waals surface area contributed by atoms with Crippen molar-refractivity contribution < 1.29 is 8.78 Å². The van der Waals surface area contributed by atoms with Crippen LogP contribution in [0.3, 0.4) is 0 Å². The number of nitrogens with zero attached hydrogens (tertiary/aromatic N) is 2. The maximum atomic E-state index is 12.9. The van der Waals surface area contributed by atoms with Crippen molar-refractivity contribution in [3.63, 3.8) is 0 Å². The Balaban J connectivity index is 2.49. The van der Waals surface area contributed by atoms with Gasteiger partial charge in [-0.25, -0.2) is 8.78 Å². The Labute approximate surface area is 106 Å². The number of hydrogen-bond donors (Lipinski definition) is 0. The van der Waals surface area contributed by atoms with Crippen LogP contribution in [0.25, 0.3) is 11.3 Å². The predicted molar refractivity (Wildman–Crippen MR) is 66.0 cm³/mol. The van der Waals surface area contributed by atoms with Gasteiger partial charge >= 0.3 is 0 Å². The van der Waals surface area contributed by atoms with Crippen molar-refractivity contribution in [2.45, 2.75) is 19.9 Å². The molecule has 0 aliphatic rings. The Morgan fingerprint density at radius 3 is 2.47 bits per heavy atom. The van der Waals surface area contributed by atoms with E-state index in [9.17, 15) is 8.78 Å². The molecule has 0 saturated carbocycles. The molecule has 1 aromatic heterocycles. The second kappa shape index (κ2) is 4.96. The minimum Gasteiger partial charge on any atom is -0.272 e. The molecule has 0 saturated heterocycles. The van der Waals surface area contributed by atoms with Crippen molar-refractivity contribution in [2.24, 2.45) is 0 Å². The number of aryl methyl sites for hydroxylation is 1. The van der Waals surface area contributed by atoms with E-state index in [0.717, 1.165) is 4.47 Å². The maximum Gasteiger partial charge on any atom is 0.267 e. The van der Waals surface area contributed by atoms with Crippen LogP contribution in [0.4, 0.5) is 8.78 Å². The highest BCUT2D eigenvalue weighted by molar-refractivity contribution is 9.10. The predicted octanol–water partition coefficient (Wildman–Crippen LogP) is 4.27. The molecule has 1 heterocycles. The average Bonchev–Trinajstić information content (AvgIpc) is 2.74. The first-order valence-corrected chi connectivity index (χ1v) is 6.02. The highest BCUT2D eigenvalue weighted by Crippen LogP contribution is 2.30. The van der Waals surface area contributed by atoms with Crippen LogP contribution in [0.1, 0.15) is 18.9 Å². The van der Waals surface area contributed by atoms with Crippen molar-refractivity contribution in [3.8, 4) is 11.3 Å². The van der Waals surface area contributed by atoms with Gasteiger partial charge in [0, 0.05) is 22.8 Å². The number of benzene rings is 1. The molecule has 0 unspecified atom stereocenters. The zero-order valence-electron chi connectivity index (χ0n) is 9.20. The second-order valence-corrected chi connectivity index (χ2v) is 4.51. The molecule has 0 bridgehead atoms. The molecule has 0 fully saturated rings. The van der Waals surface area contributed by atoms with Crippen LogP contribution in [0, 0.1) is 0 Å². The number of hydrogen-bond acceptors (Lipinski definition) is 1. The van der Waals surface area contributed by atoms with Crippen LogP contribution in [-0.4, -0.2) is 9.78 Å². The summed E-state index contributed by atoms with van der Waals surface area (Å²) in [6, 6.07) is 7.18. The molecule has 0 aliphatic carbocycles. The lowest BCUT2D eigenvalue weighted by atomic mass is 10.1. The third-order valence-corrected chi connectivity index (χ3v) is 3.00. The molecular formula is C12H11BrF2N2. The van der Waals surface area contributed by atoms with Gasteiger partial charge in [-0.05, 0) is 19.1 Å². The SMILES string of the molecule is CCn1cc(C(F)F)c(-c2ccc(Br)cc2)n1. The van der Waals surface area contributed by atoms with E-state index < -0.39 is 6.43 Å². The molecule has 0 N–H and O–H groups in total. The van der Waals surface area contributed by atoms with Crippen LogP contribution in [0.2, 0.25) is 0 Å². The zero-order valence-corrected chi connectivity index (χ0v) is 10.8. The molecule has 0 spiro atoms. The summed E-state index contributed by atoms with van der Waals surface area (Å²) in [5.74, 6) is 0. The fourth-order valence-electron chi connectivity index (χ4n) is 1.59. The van der Waals surface area contributed by atoms with Gasteiger partial charge in [0.25, 0.3) is 6.43 Å². The standard InChI is InChI=1S/C12H11BrF2N2/c1-2-17-7-10(12(14)15)11(16-17)8-3-5-9(13)6-4-8/h3-7,12H,2H2,1H3. The molecule has 2 rings (SSSR count). The molecule has 0 amide bonds. The average molecular weight is 301 g/mol. The molecular weight excluding hydrogens is 290 g/mol. The van der Waals surface area contributed by atoms with Crippen LogP contribution in [0.5, 0.6) is 0 Å². The zero-order chi connectivity index (χ0) is 12.4. The topological polar surface area (TPSA) is 17.8 Å². The first kappa shape index (κ1) is 12.2. The third-order valence-electron chi connectivity index (χ3n) is 2.47. The molecule has 5 heteroatoms. The molecule has 2 nitrogen and oxygen atoms in total. The summed E-state index contributed by atoms with van der Waals surface area (Å²) < 4.78 is 28.2. The minimum atomic E-state index is -2.51. The molecule has 17 heavy (non-hydrogen) atoms. The Morgan fingerprint density at radius 2 is 1.94 bits per heavy atom. The van der Waals surface area contributed by atoms with Crippen LogP contribution in [-0.2, 0) is 6.54 Å². The molecule has 0 atom stereocenters. The summed E-state index contributed by atoms with van der Waals surface area (Å²) in [7, 11) is 0. The van der Waals surface area contributed by atoms with Crippen LogP contribution >= 0.6 is 15.9 Å². The smallest absolute Gasteiger partial charge is 0.267 e. The van der Waals surface area contributed by atoms with E-state index in [1.54, 1.807) is 12.1 Å². The van der Waals surface area contributed by atoms with E-state index in [0.29, 0.717) is 17.8 Å². The Kier molecular flexibility index (Phi) is 3.57. The first-order valence-electron chi connectivity index (χ1n) is 5.23. The van der Waals surface area contributed by atoms with Gasteiger partial charge in [0.1, 0.15) is 5.69 Å². The van der Waals surface area contributed by atoms with Crippen molar-refractivity contribution in [1.82, 2.24) is 9.78 Å². The third kappa shape index (κ3) is 2.54. The van der Waals surface area contributed by atoms with E-state index in [1.165, 1.54) is 10.9 Å². The highest BCUT2D eigenvalue weighted by Gasteiger charge is 2.18. The molecule has 0 radical (unpaired) electrons. The summed E-state index contributed by atoms with van der Waals surface area (Å²) in [6.07, 6.45) is -1.10. The number of rotatable bonds is 3. The highest BCUT2D eigenvalue weighted by atomic mass is 79.9. The van der Waals surface area contributed by atoms with Gasteiger partial charge in [-0.3, -0.25) is 4.68 Å². The Bertz CT molecular complexity index is 506. The molecule has 0 aliphatic heterocycles. The number of halogens is 3. The Hall–Kier alpha value is -1.23. The summed E-state index contributed by atoms with van der Waals surface area (Å²) in [6.45, 7) is 2.45. The van der Waals surface area contributed by atoms with E-state index in [4.69, 9.17) is 0 Å². The monoisotopic (exact) mass is 300 g/mol. The molecule has 90 valence electrons. The Morgan fingerprint density at radius 1 is 1.29 bits per heavy atom. The van der Waals surface area contributed by atoms with Gasteiger partial charge < -0.3 is 0 Å². The minimum absolute atomic E-state index is 0.0193. The maximum absolute atomic E-state index is 12.9. The molecule has 2 aromatic rings. The quantitative estimate of drug-likeness (QED) is 0.828. The normalized spacial score (nSPS) is 11.1.